The number of allylic oxidation sites excluding steroid dienone is 1. The number of rotatable bonds is 9. The summed E-state index contributed by atoms with van der Waals surface area (Å²) in [7, 11) is 1.27. The number of methoxy groups -OCH3 is 1. The predicted octanol–water partition coefficient (Wildman–Crippen LogP) is 3.38. The molecular weight excluding hydrogens is 362 g/mol. The van der Waals surface area contributed by atoms with Crippen molar-refractivity contribution in [2.45, 2.75) is 51.9 Å². The van der Waals surface area contributed by atoms with Crippen molar-refractivity contribution in [1.29, 1.82) is 0 Å². The summed E-state index contributed by atoms with van der Waals surface area (Å²) in [5.74, 6) is -1.80. The van der Waals surface area contributed by atoms with E-state index in [0.717, 1.165) is 5.56 Å². The van der Waals surface area contributed by atoms with E-state index < -0.39 is 35.6 Å². The minimum absolute atomic E-state index is 0.00552. The number of hydrogen-bond acceptors (Lipinski definition) is 6. The number of carbonyl (C=O) groups excluding carboxylic acids is 3. The fraction of sp³-hybridized carbons (Fsp3) is 0.476. The minimum atomic E-state index is -1.07. The van der Waals surface area contributed by atoms with Crippen LogP contribution in [-0.2, 0) is 30.4 Å². The standard InChI is InChI=1S/C21H29NO6/c1-6-10-16(18(23)26-5)13-17(22-20(25)28-21(2,3)4)19(24)27-14-15-11-8-7-9-12-15/h6-9,11-12,16-17H,1,10,13-14H2,2-5H3,(H,22,25)/t16-,17-/m0/s1. The molecule has 1 N–H and O–H groups in total. The summed E-state index contributed by atoms with van der Waals surface area (Å²) < 4.78 is 15.3. The largest absolute Gasteiger partial charge is 0.469 e. The van der Waals surface area contributed by atoms with Crippen molar-refractivity contribution in [2.75, 3.05) is 7.11 Å². The van der Waals surface area contributed by atoms with Gasteiger partial charge in [-0.05, 0) is 39.2 Å². The Labute approximate surface area is 166 Å². The van der Waals surface area contributed by atoms with Gasteiger partial charge >= 0.3 is 18.0 Å². The molecule has 0 aliphatic rings. The van der Waals surface area contributed by atoms with Gasteiger partial charge in [-0.15, -0.1) is 6.58 Å². The topological polar surface area (TPSA) is 90.9 Å². The van der Waals surface area contributed by atoms with E-state index in [9.17, 15) is 14.4 Å². The molecule has 0 unspecified atom stereocenters. The van der Waals surface area contributed by atoms with Crippen LogP contribution in [0.25, 0.3) is 0 Å². The Morgan fingerprint density at radius 3 is 2.32 bits per heavy atom. The molecule has 0 aromatic heterocycles. The lowest BCUT2D eigenvalue weighted by Gasteiger charge is -2.24. The van der Waals surface area contributed by atoms with Crippen molar-refractivity contribution in [3.05, 3.63) is 48.6 Å². The van der Waals surface area contributed by atoms with Gasteiger partial charge in [0.2, 0.25) is 0 Å². The van der Waals surface area contributed by atoms with Gasteiger partial charge < -0.3 is 19.5 Å². The highest BCUT2D eigenvalue weighted by Crippen LogP contribution is 2.17. The molecule has 154 valence electrons. The summed E-state index contributed by atoms with van der Waals surface area (Å²) in [4.78, 5) is 36.7. The molecule has 7 heteroatoms. The van der Waals surface area contributed by atoms with Crippen LogP contribution in [0.1, 0.15) is 39.2 Å². The summed E-state index contributed by atoms with van der Waals surface area (Å²) in [5, 5.41) is 2.50. The second-order valence-corrected chi connectivity index (χ2v) is 7.27. The number of carbonyl (C=O) groups is 3. The Morgan fingerprint density at radius 2 is 1.79 bits per heavy atom. The quantitative estimate of drug-likeness (QED) is 0.394. The fourth-order valence-corrected chi connectivity index (χ4v) is 2.43. The molecule has 7 nitrogen and oxygen atoms in total. The van der Waals surface area contributed by atoms with Gasteiger partial charge in [-0.3, -0.25) is 4.79 Å². The molecule has 2 atom stereocenters. The van der Waals surface area contributed by atoms with E-state index in [2.05, 4.69) is 11.9 Å². The highest BCUT2D eigenvalue weighted by molar-refractivity contribution is 5.82. The van der Waals surface area contributed by atoms with E-state index in [1.54, 1.807) is 26.8 Å². The van der Waals surface area contributed by atoms with Gasteiger partial charge in [0, 0.05) is 0 Å². The van der Waals surface area contributed by atoms with Crippen LogP contribution in [0.5, 0.6) is 0 Å². The molecule has 1 aromatic rings. The molecular formula is C21H29NO6. The zero-order chi connectivity index (χ0) is 21.2. The highest BCUT2D eigenvalue weighted by atomic mass is 16.6. The molecule has 0 radical (unpaired) electrons. The van der Waals surface area contributed by atoms with E-state index in [1.165, 1.54) is 7.11 Å². The van der Waals surface area contributed by atoms with Crippen molar-refractivity contribution >= 4 is 18.0 Å². The van der Waals surface area contributed by atoms with E-state index in [1.807, 2.05) is 30.3 Å². The van der Waals surface area contributed by atoms with Crippen LogP contribution in [0.4, 0.5) is 4.79 Å². The van der Waals surface area contributed by atoms with Gasteiger partial charge in [-0.1, -0.05) is 36.4 Å². The van der Waals surface area contributed by atoms with Crippen molar-refractivity contribution in [3.8, 4) is 0 Å². The van der Waals surface area contributed by atoms with E-state index in [-0.39, 0.29) is 13.0 Å². The van der Waals surface area contributed by atoms with Crippen molar-refractivity contribution in [3.63, 3.8) is 0 Å². The van der Waals surface area contributed by atoms with Crippen LogP contribution in [0, 0.1) is 5.92 Å². The monoisotopic (exact) mass is 391 g/mol. The number of benzene rings is 1. The van der Waals surface area contributed by atoms with Gasteiger partial charge in [0.05, 0.1) is 13.0 Å². The lowest BCUT2D eigenvalue weighted by atomic mass is 9.96. The number of alkyl carbamates (subject to hydrolysis) is 1. The zero-order valence-electron chi connectivity index (χ0n) is 16.9. The third-order valence-electron chi connectivity index (χ3n) is 3.71. The summed E-state index contributed by atoms with van der Waals surface area (Å²) in [6, 6.07) is 8.09. The maximum absolute atomic E-state index is 12.6. The molecule has 0 bridgehead atoms. The Bertz CT molecular complexity index is 665. The number of ether oxygens (including phenoxy) is 3. The predicted molar refractivity (Wildman–Crippen MR) is 104 cm³/mol. The molecule has 0 saturated carbocycles. The molecule has 1 amide bonds. The van der Waals surface area contributed by atoms with Gasteiger partial charge in [0.25, 0.3) is 0 Å². The first kappa shape index (κ1) is 23.2. The van der Waals surface area contributed by atoms with Crippen LogP contribution < -0.4 is 5.32 Å². The number of nitrogens with one attached hydrogen (secondary N) is 1. The minimum Gasteiger partial charge on any atom is -0.469 e. The van der Waals surface area contributed by atoms with Crippen molar-refractivity contribution in [2.24, 2.45) is 5.92 Å². The van der Waals surface area contributed by atoms with Crippen LogP contribution in [-0.4, -0.2) is 36.8 Å². The lowest BCUT2D eigenvalue weighted by molar-refractivity contribution is -0.150. The summed E-state index contributed by atoms with van der Waals surface area (Å²) in [5.41, 5.74) is 0.0771. The molecule has 28 heavy (non-hydrogen) atoms. The molecule has 0 heterocycles. The Balaban J connectivity index is 2.88. The fourth-order valence-electron chi connectivity index (χ4n) is 2.43. The summed E-state index contributed by atoms with van der Waals surface area (Å²) in [6.45, 7) is 8.81. The van der Waals surface area contributed by atoms with Gasteiger partial charge in [-0.25, -0.2) is 9.59 Å². The number of hydrogen-bond donors (Lipinski definition) is 1. The zero-order valence-corrected chi connectivity index (χ0v) is 16.9. The molecule has 0 aliphatic carbocycles. The van der Waals surface area contributed by atoms with E-state index in [0.29, 0.717) is 6.42 Å². The first-order valence-electron chi connectivity index (χ1n) is 9.05. The Kier molecular flexibility index (Phi) is 9.21. The number of amides is 1. The van der Waals surface area contributed by atoms with Crippen LogP contribution >= 0.6 is 0 Å². The maximum Gasteiger partial charge on any atom is 0.408 e. The highest BCUT2D eigenvalue weighted by Gasteiger charge is 2.31. The van der Waals surface area contributed by atoms with Gasteiger partial charge in [0.15, 0.2) is 0 Å². The van der Waals surface area contributed by atoms with E-state index >= 15 is 0 Å². The Morgan fingerprint density at radius 1 is 1.14 bits per heavy atom. The van der Waals surface area contributed by atoms with Crippen molar-refractivity contribution < 1.29 is 28.6 Å². The molecule has 0 saturated heterocycles. The SMILES string of the molecule is C=CC[C@@H](C[C@H](NC(=O)OC(C)(C)C)C(=O)OCc1ccccc1)C(=O)OC. The van der Waals surface area contributed by atoms with Crippen molar-refractivity contribution in [1.82, 2.24) is 5.32 Å². The average molecular weight is 391 g/mol. The summed E-state index contributed by atoms with van der Waals surface area (Å²) >= 11 is 0. The second kappa shape index (κ2) is 11.1. The third kappa shape index (κ3) is 8.70. The van der Waals surface area contributed by atoms with Crippen LogP contribution in [0.3, 0.4) is 0 Å². The smallest absolute Gasteiger partial charge is 0.408 e. The first-order chi connectivity index (χ1) is 13.2. The number of esters is 2. The summed E-state index contributed by atoms with van der Waals surface area (Å²) in [6.07, 6.45) is 1.09. The molecule has 0 aliphatic heterocycles. The molecule has 1 aromatic carbocycles. The van der Waals surface area contributed by atoms with E-state index in [4.69, 9.17) is 14.2 Å². The molecule has 0 spiro atoms. The normalized spacial score (nSPS) is 13.0. The maximum atomic E-state index is 12.6. The van der Waals surface area contributed by atoms with Crippen LogP contribution in [0.15, 0.2) is 43.0 Å². The van der Waals surface area contributed by atoms with Crippen LogP contribution in [0.2, 0.25) is 0 Å². The third-order valence-corrected chi connectivity index (χ3v) is 3.71. The molecule has 0 fully saturated rings. The molecule has 1 rings (SSSR count). The first-order valence-corrected chi connectivity index (χ1v) is 9.05. The van der Waals surface area contributed by atoms with Gasteiger partial charge in [0.1, 0.15) is 18.2 Å². The second-order valence-electron chi connectivity index (χ2n) is 7.27. The lowest BCUT2D eigenvalue weighted by Crippen LogP contribution is -2.46. The van der Waals surface area contributed by atoms with Gasteiger partial charge in [-0.2, -0.15) is 0 Å². The Hall–Kier alpha value is -2.83. The average Bonchev–Trinajstić information content (AvgIpc) is 2.63.